The van der Waals surface area contributed by atoms with Gasteiger partial charge in [-0.1, -0.05) is 12.1 Å². The third-order valence-corrected chi connectivity index (χ3v) is 5.10. The van der Waals surface area contributed by atoms with Gasteiger partial charge in [0, 0.05) is 37.8 Å². The molecule has 4 heteroatoms. The van der Waals surface area contributed by atoms with Crippen LogP contribution in [0, 0.1) is 5.92 Å². The first-order valence-corrected chi connectivity index (χ1v) is 7.48. The molecule has 1 saturated heterocycles. The first-order chi connectivity index (χ1) is 10.1. The second kappa shape index (κ2) is 5.17. The molecule has 2 atom stereocenters. The molecule has 1 aliphatic heterocycles. The molecule has 4 nitrogen and oxygen atoms in total. The lowest BCUT2D eigenvalue weighted by Crippen LogP contribution is -2.55. The molecule has 112 valence electrons. The van der Waals surface area contributed by atoms with Crippen LogP contribution in [0.4, 0.5) is 0 Å². The fourth-order valence-electron chi connectivity index (χ4n) is 3.89. The highest BCUT2D eigenvalue weighted by molar-refractivity contribution is 5.88. The number of benzene rings is 1. The Morgan fingerprint density at radius 3 is 2.90 bits per heavy atom. The number of methoxy groups -OCH3 is 1. The van der Waals surface area contributed by atoms with Crippen molar-refractivity contribution in [3.63, 3.8) is 0 Å². The molecule has 2 aliphatic rings. The number of Topliss-reactive ketones (excluding diaryl/α,β-unsaturated/α-hetero) is 1. The van der Waals surface area contributed by atoms with Gasteiger partial charge in [-0.3, -0.25) is 9.59 Å². The van der Waals surface area contributed by atoms with Gasteiger partial charge in [-0.05, 0) is 30.5 Å². The summed E-state index contributed by atoms with van der Waals surface area (Å²) in [5.74, 6) is 1.15. The number of nitrogens with zero attached hydrogens (tertiary/aromatic N) is 1. The maximum atomic E-state index is 12.6. The van der Waals surface area contributed by atoms with Gasteiger partial charge in [0.1, 0.15) is 11.5 Å². The van der Waals surface area contributed by atoms with Crippen LogP contribution in [-0.4, -0.2) is 37.3 Å². The molecule has 0 aromatic heterocycles. The number of carbonyl (C=O) groups is 2. The van der Waals surface area contributed by atoms with Crippen molar-refractivity contribution in [3.8, 4) is 5.75 Å². The van der Waals surface area contributed by atoms with Crippen LogP contribution in [0.2, 0.25) is 0 Å². The smallest absolute Gasteiger partial charge is 0.226 e. The van der Waals surface area contributed by atoms with E-state index in [1.165, 1.54) is 0 Å². The Balaban J connectivity index is 2.08. The van der Waals surface area contributed by atoms with Crippen LogP contribution in [0.1, 0.15) is 31.2 Å². The van der Waals surface area contributed by atoms with Crippen LogP contribution in [-0.2, 0) is 15.0 Å². The van der Waals surface area contributed by atoms with Gasteiger partial charge in [-0.25, -0.2) is 0 Å². The van der Waals surface area contributed by atoms with E-state index >= 15 is 0 Å². The average molecular weight is 287 g/mol. The van der Waals surface area contributed by atoms with Crippen molar-refractivity contribution in [3.05, 3.63) is 29.8 Å². The Labute approximate surface area is 125 Å². The van der Waals surface area contributed by atoms with Crippen molar-refractivity contribution in [1.82, 2.24) is 4.90 Å². The van der Waals surface area contributed by atoms with E-state index in [9.17, 15) is 9.59 Å². The first kappa shape index (κ1) is 14.1. The van der Waals surface area contributed by atoms with E-state index < -0.39 is 0 Å². The minimum absolute atomic E-state index is 0.0824. The summed E-state index contributed by atoms with van der Waals surface area (Å²) in [5.41, 5.74) is 0.731. The Bertz CT molecular complexity index is 583. The van der Waals surface area contributed by atoms with Crippen molar-refractivity contribution < 1.29 is 14.3 Å². The summed E-state index contributed by atoms with van der Waals surface area (Å²) in [5, 5.41) is 0. The topological polar surface area (TPSA) is 46.6 Å². The second-order valence-electron chi connectivity index (χ2n) is 6.20. The molecule has 1 aromatic carbocycles. The van der Waals surface area contributed by atoms with Crippen LogP contribution in [0.5, 0.6) is 5.75 Å². The number of hydrogen-bond donors (Lipinski definition) is 0. The van der Waals surface area contributed by atoms with Crippen molar-refractivity contribution >= 4 is 11.7 Å². The highest BCUT2D eigenvalue weighted by Gasteiger charge is 2.51. The van der Waals surface area contributed by atoms with Crippen molar-refractivity contribution in [2.24, 2.45) is 5.92 Å². The predicted molar refractivity (Wildman–Crippen MR) is 79.3 cm³/mol. The highest BCUT2D eigenvalue weighted by atomic mass is 16.5. The summed E-state index contributed by atoms with van der Waals surface area (Å²) in [6, 6.07) is 7.87. The summed E-state index contributed by atoms with van der Waals surface area (Å²) < 4.78 is 5.32. The molecule has 1 heterocycles. The summed E-state index contributed by atoms with van der Waals surface area (Å²) in [6.07, 6.45) is 2.51. The number of carbonyl (C=O) groups excluding carboxylic acids is 2. The maximum Gasteiger partial charge on any atom is 0.226 e. The summed E-state index contributed by atoms with van der Waals surface area (Å²) in [7, 11) is 3.49. The molecule has 0 unspecified atom stereocenters. The number of likely N-dealkylation sites (tertiary alicyclic amines) is 1. The molecule has 0 bridgehead atoms. The Kier molecular flexibility index (Phi) is 3.47. The summed E-state index contributed by atoms with van der Waals surface area (Å²) in [4.78, 5) is 26.5. The number of fused-ring (bicyclic) bond motifs is 1. The average Bonchev–Trinajstić information content (AvgIpc) is 2.51. The Morgan fingerprint density at radius 2 is 2.14 bits per heavy atom. The lowest BCUT2D eigenvalue weighted by Gasteiger charge is -2.48. The number of hydrogen-bond acceptors (Lipinski definition) is 3. The van der Waals surface area contributed by atoms with E-state index in [1.807, 2.05) is 31.3 Å². The van der Waals surface area contributed by atoms with Crippen molar-refractivity contribution in [1.29, 1.82) is 0 Å². The number of ketones is 1. The van der Waals surface area contributed by atoms with Gasteiger partial charge in [0.25, 0.3) is 0 Å². The fraction of sp³-hybridized carbons (Fsp3) is 0.529. The van der Waals surface area contributed by atoms with Gasteiger partial charge in [0.05, 0.1) is 7.11 Å². The van der Waals surface area contributed by atoms with Crippen molar-refractivity contribution in [2.45, 2.75) is 31.1 Å². The molecule has 1 saturated carbocycles. The zero-order chi connectivity index (χ0) is 15.0. The molecule has 0 N–H and O–H groups in total. The van der Waals surface area contributed by atoms with Gasteiger partial charge >= 0.3 is 0 Å². The highest BCUT2D eigenvalue weighted by Crippen LogP contribution is 2.48. The normalized spacial score (nSPS) is 29.2. The van der Waals surface area contributed by atoms with E-state index in [1.54, 1.807) is 12.0 Å². The third-order valence-electron chi connectivity index (χ3n) is 5.10. The molecule has 21 heavy (non-hydrogen) atoms. The molecular formula is C17H21NO3. The molecule has 3 rings (SSSR count). The SMILES string of the molecule is COc1cccc([C@]23CCN(C)C(=O)[C@H]2CCC(=O)C3)c1. The molecule has 1 amide bonds. The quantitative estimate of drug-likeness (QED) is 0.837. The van der Waals surface area contributed by atoms with E-state index in [2.05, 4.69) is 0 Å². The number of rotatable bonds is 2. The summed E-state index contributed by atoms with van der Waals surface area (Å²) in [6.45, 7) is 0.708. The zero-order valence-corrected chi connectivity index (χ0v) is 12.6. The van der Waals surface area contributed by atoms with Gasteiger partial charge in [0.15, 0.2) is 0 Å². The number of ether oxygens (including phenoxy) is 1. The second-order valence-corrected chi connectivity index (χ2v) is 6.20. The monoisotopic (exact) mass is 287 g/mol. The summed E-state index contributed by atoms with van der Waals surface area (Å²) >= 11 is 0. The first-order valence-electron chi connectivity index (χ1n) is 7.48. The zero-order valence-electron chi connectivity index (χ0n) is 12.6. The minimum Gasteiger partial charge on any atom is -0.497 e. The third kappa shape index (κ3) is 2.23. The predicted octanol–water partition coefficient (Wildman–Crippen LogP) is 2.16. The minimum atomic E-state index is -0.340. The van der Waals surface area contributed by atoms with Gasteiger partial charge in [0.2, 0.25) is 5.91 Å². The van der Waals surface area contributed by atoms with Crippen LogP contribution in [0.15, 0.2) is 24.3 Å². The number of amides is 1. The van der Waals surface area contributed by atoms with Gasteiger partial charge in [-0.2, -0.15) is 0 Å². The molecule has 0 spiro atoms. The van der Waals surface area contributed by atoms with E-state index in [-0.39, 0.29) is 23.0 Å². The number of piperidine rings is 1. The Hall–Kier alpha value is -1.84. The van der Waals surface area contributed by atoms with E-state index in [4.69, 9.17) is 4.74 Å². The van der Waals surface area contributed by atoms with Gasteiger partial charge in [-0.15, -0.1) is 0 Å². The molecule has 1 aliphatic carbocycles. The van der Waals surface area contributed by atoms with Crippen molar-refractivity contribution in [2.75, 3.05) is 20.7 Å². The van der Waals surface area contributed by atoms with Crippen LogP contribution in [0.25, 0.3) is 0 Å². The van der Waals surface area contributed by atoms with Crippen LogP contribution < -0.4 is 4.74 Å². The largest absolute Gasteiger partial charge is 0.497 e. The molecule has 0 radical (unpaired) electrons. The molecule has 2 fully saturated rings. The maximum absolute atomic E-state index is 12.6. The van der Waals surface area contributed by atoms with Crippen LogP contribution in [0.3, 0.4) is 0 Å². The van der Waals surface area contributed by atoms with Crippen LogP contribution >= 0.6 is 0 Å². The Morgan fingerprint density at radius 1 is 1.33 bits per heavy atom. The van der Waals surface area contributed by atoms with E-state index in [0.29, 0.717) is 25.8 Å². The molecule has 1 aromatic rings. The van der Waals surface area contributed by atoms with Gasteiger partial charge < -0.3 is 9.64 Å². The lowest BCUT2D eigenvalue weighted by molar-refractivity contribution is -0.145. The fourth-order valence-corrected chi connectivity index (χ4v) is 3.89. The molecular weight excluding hydrogens is 266 g/mol. The standard InChI is InChI=1S/C17H21NO3/c1-18-9-8-17(12-4-3-5-14(10-12)21-2)11-13(19)6-7-15(17)16(18)20/h3-5,10,15H,6-9,11H2,1-2H3/t15-,17-/m1/s1. The van der Waals surface area contributed by atoms with E-state index in [0.717, 1.165) is 17.7 Å². The lowest BCUT2D eigenvalue weighted by atomic mass is 9.58.